The lowest BCUT2D eigenvalue weighted by Crippen LogP contribution is -2.53. The van der Waals surface area contributed by atoms with Gasteiger partial charge in [-0.05, 0) is 74.6 Å². The number of carbonyl (C=O) groups excluding carboxylic acids is 2. The van der Waals surface area contributed by atoms with Crippen molar-refractivity contribution < 1.29 is 18.0 Å². The second-order valence-electron chi connectivity index (χ2n) is 10.8. The molecule has 3 aromatic carbocycles. The van der Waals surface area contributed by atoms with Gasteiger partial charge in [0.15, 0.2) is 0 Å². The van der Waals surface area contributed by atoms with Crippen LogP contribution in [-0.4, -0.2) is 43.8 Å². The van der Waals surface area contributed by atoms with Gasteiger partial charge in [0.2, 0.25) is 11.8 Å². The Morgan fingerprint density at radius 3 is 2.24 bits per heavy atom. The van der Waals surface area contributed by atoms with Crippen LogP contribution in [0.15, 0.2) is 71.6 Å². The van der Waals surface area contributed by atoms with Crippen LogP contribution in [0.5, 0.6) is 0 Å². The number of anilines is 1. The minimum atomic E-state index is -4.20. The van der Waals surface area contributed by atoms with Crippen molar-refractivity contribution in [2.75, 3.05) is 10.8 Å². The lowest BCUT2D eigenvalue weighted by Gasteiger charge is -2.34. The molecule has 224 valence electrons. The van der Waals surface area contributed by atoms with Crippen LogP contribution in [0.4, 0.5) is 5.69 Å². The third-order valence-electron chi connectivity index (χ3n) is 7.77. The monoisotopic (exact) mass is 629 g/mol. The summed E-state index contributed by atoms with van der Waals surface area (Å²) in [6.07, 6.45) is 4.31. The number of nitrogens with one attached hydrogen (secondary N) is 1. The van der Waals surface area contributed by atoms with E-state index in [9.17, 15) is 18.0 Å². The summed E-state index contributed by atoms with van der Waals surface area (Å²) in [5, 5.41) is 3.55. The van der Waals surface area contributed by atoms with Crippen LogP contribution < -0.4 is 9.62 Å². The highest BCUT2D eigenvalue weighted by molar-refractivity contribution is 7.92. The second kappa shape index (κ2) is 13.9. The van der Waals surface area contributed by atoms with Gasteiger partial charge >= 0.3 is 0 Å². The summed E-state index contributed by atoms with van der Waals surface area (Å²) in [7, 11) is -4.20. The van der Waals surface area contributed by atoms with Gasteiger partial charge in [-0.25, -0.2) is 8.42 Å². The lowest BCUT2D eigenvalue weighted by atomic mass is 10.1. The Morgan fingerprint density at radius 2 is 1.62 bits per heavy atom. The number of amides is 2. The molecule has 2 amide bonds. The summed E-state index contributed by atoms with van der Waals surface area (Å²) in [5.41, 5.74) is 2.93. The van der Waals surface area contributed by atoms with Crippen LogP contribution in [0.1, 0.15) is 55.7 Å². The fourth-order valence-corrected chi connectivity index (χ4v) is 6.96. The van der Waals surface area contributed by atoms with Crippen LogP contribution in [0.2, 0.25) is 10.0 Å². The normalized spacial score (nSPS) is 14.4. The molecule has 0 heterocycles. The Labute approximate surface area is 258 Å². The molecule has 1 atom stereocenters. The molecule has 10 heteroatoms. The molecule has 7 nitrogen and oxygen atoms in total. The summed E-state index contributed by atoms with van der Waals surface area (Å²) in [6, 6.07) is 17.8. The Kier molecular flexibility index (Phi) is 10.6. The van der Waals surface area contributed by atoms with E-state index in [2.05, 4.69) is 5.32 Å². The Bertz CT molecular complexity index is 1520. The Balaban J connectivity index is 1.74. The molecule has 1 saturated carbocycles. The van der Waals surface area contributed by atoms with E-state index in [-0.39, 0.29) is 39.1 Å². The number of hydrogen-bond acceptors (Lipinski definition) is 4. The first-order chi connectivity index (χ1) is 20.0. The maximum Gasteiger partial charge on any atom is 0.264 e. The zero-order valence-electron chi connectivity index (χ0n) is 24.1. The summed E-state index contributed by atoms with van der Waals surface area (Å²) in [5.74, 6) is -0.734. The van der Waals surface area contributed by atoms with Crippen molar-refractivity contribution in [3.8, 4) is 0 Å². The number of halogens is 2. The molecule has 0 aliphatic heterocycles. The standard InChI is InChI=1S/C32H37Cl2N3O4S/c1-4-30(32(39)35-25-11-7-8-12-25)36(20-24-10-6-5-9-23(24)3)31(38)21-37(26-15-18-28(33)29(34)19-26)42(40,41)27-16-13-22(2)14-17-27/h5-6,9-10,13-19,25,30H,4,7-8,11-12,20-21H2,1-3H3,(H,35,39)/t30-/m1/s1. The highest BCUT2D eigenvalue weighted by atomic mass is 35.5. The van der Waals surface area contributed by atoms with Crippen LogP contribution in [0, 0.1) is 13.8 Å². The largest absolute Gasteiger partial charge is 0.352 e. The minimum Gasteiger partial charge on any atom is -0.352 e. The van der Waals surface area contributed by atoms with Crippen molar-refractivity contribution >= 4 is 50.7 Å². The first kappa shape index (κ1) is 31.9. The molecule has 42 heavy (non-hydrogen) atoms. The SMILES string of the molecule is CC[C@H](C(=O)NC1CCCC1)N(Cc1ccccc1C)C(=O)CN(c1ccc(Cl)c(Cl)c1)S(=O)(=O)c1ccc(C)cc1. The Hall–Kier alpha value is -3.07. The van der Waals surface area contributed by atoms with E-state index in [1.165, 1.54) is 35.2 Å². The minimum absolute atomic E-state index is 0.0310. The third-order valence-corrected chi connectivity index (χ3v) is 10.3. The van der Waals surface area contributed by atoms with Gasteiger partial charge in [0.1, 0.15) is 12.6 Å². The number of carbonyl (C=O) groups is 2. The number of aryl methyl sites for hydroxylation is 2. The molecule has 0 aromatic heterocycles. The fourth-order valence-electron chi connectivity index (χ4n) is 5.26. The molecular formula is C32H37Cl2N3O4S. The molecule has 0 spiro atoms. The third kappa shape index (κ3) is 7.46. The van der Waals surface area contributed by atoms with Gasteiger partial charge in [-0.15, -0.1) is 0 Å². The van der Waals surface area contributed by atoms with E-state index in [1.807, 2.05) is 45.0 Å². The van der Waals surface area contributed by atoms with Gasteiger partial charge < -0.3 is 10.2 Å². The summed E-state index contributed by atoms with van der Waals surface area (Å²) < 4.78 is 29.1. The smallest absolute Gasteiger partial charge is 0.264 e. The van der Waals surface area contributed by atoms with Crippen molar-refractivity contribution in [3.05, 3.63) is 93.5 Å². The molecular weight excluding hydrogens is 593 g/mol. The fraction of sp³-hybridized carbons (Fsp3) is 0.375. The quantitative estimate of drug-likeness (QED) is 0.256. The first-order valence-electron chi connectivity index (χ1n) is 14.2. The van der Waals surface area contributed by atoms with Crippen molar-refractivity contribution in [2.24, 2.45) is 0 Å². The molecule has 3 aromatic rings. The number of hydrogen-bond donors (Lipinski definition) is 1. The van der Waals surface area contributed by atoms with Crippen LogP contribution in [-0.2, 0) is 26.2 Å². The van der Waals surface area contributed by atoms with Gasteiger partial charge in [-0.1, -0.05) is 84.9 Å². The van der Waals surface area contributed by atoms with Gasteiger partial charge in [0.25, 0.3) is 10.0 Å². The average Bonchev–Trinajstić information content (AvgIpc) is 3.47. The molecule has 1 aliphatic rings. The predicted octanol–water partition coefficient (Wildman–Crippen LogP) is 6.67. The predicted molar refractivity (Wildman–Crippen MR) is 168 cm³/mol. The van der Waals surface area contributed by atoms with Gasteiger partial charge in [-0.2, -0.15) is 0 Å². The van der Waals surface area contributed by atoms with E-state index < -0.39 is 28.5 Å². The van der Waals surface area contributed by atoms with Crippen LogP contribution in [0.3, 0.4) is 0 Å². The van der Waals surface area contributed by atoms with E-state index >= 15 is 0 Å². The zero-order valence-corrected chi connectivity index (χ0v) is 26.5. The molecule has 1 aliphatic carbocycles. The average molecular weight is 631 g/mol. The maximum absolute atomic E-state index is 14.2. The number of nitrogens with zero attached hydrogens (tertiary/aromatic N) is 2. The first-order valence-corrected chi connectivity index (χ1v) is 16.4. The van der Waals surface area contributed by atoms with E-state index in [4.69, 9.17) is 23.2 Å². The van der Waals surface area contributed by atoms with Crippen LogP contribution in [0.25, 0.3) is 0 Å². The van der Waals surface area contributed by atoms with Gasteiger partial charge in [0, 0.05) is 12.6 Å². The molecule has 0 bridgehead atoms. The van der Waals surface area contributed by atoms with E-state index in [0.29, 0.717) is 6.42 Å². The summed E-state index contributed by atoms with van der Waals surface area (Å²) in [6.45, 7) is 5.29. The highest BCUT2D eigenvalue weighted by Crippen LogP contribution is 2.31. The molecule has 1 fully saturated rings. The summed E-state index contributed by atoms with van der Waals surface area (Å²) in [4.78, 5) is 29.4. The van der Waals surface area contributed by atoms with Gasteiger partial charge in [-0.3, -0.25) is 13.9 Å². The highest BCUT2D eigenvalue weighted by Gasteiger charge is 2.35. The van der Waals surface area contributed by atoms with E-state index in [1.54, 1.807) is 12.1 Å². The van der Waals surface area contributed by atoms with Crippen molar-refractivity contribution in [3.63, 3.8) is 0 Å². The topological polar surface area (TPSA) is 86.8 Å². The maximum atomic E-state index is 14.2. The zero-order chi connectivity index (χ0) is 30.4. The lowest BCUT2D eigenvalue weighted by molar-refractivity contribution is -0.140. The second-order valence-corrected chi connectivity index (χ2v) is 13.5. The van der Waals surface area contributed by atoms with E-state index in [0.717, 1.165) is 46.7 Å². The molecule has 4 rings (SSSR count). The molecule has 0 unspecified atom stereocenters. The molecule has 0 radical (unpaired) electrons. The Morgan fingerprint density at radius 1 is 0.952 bits per heavy atom. The van der Waals surface area contributed by atoms with Crippen LogP contribution >= 0.6 is 23.2 Å². The number of rotatable bonds is 11. The van der Waals surface area contributed by atoms with Crippen molar-refractivity contribution in [1.82, 2.24) is 10.2 Å². The molecule has 1 N–H and O–H groups in total. The molecule has 0 saturated heterocycles. The van der Waals surface area contributed by atoms with Gasteiger partial charge in [0.05, 0.1) is 20.6 Å². The van der Waals surface area contributed by atoms with Crippen molar-refractivity contribution in [1.29, 1.82) is 0 Å². The number of sulfonamides is 1. The van der Waals surface area contributed by atoms with Crippen molar-refractivity contribution in [2.45, 2.75) is 76.4 Å². The number of benzene rings is 3. The summed E-state index contributed by atoms with van der Waals surface area (Å²) >= 11 is 12.4.